The van der Waals surface area contributed by atoms with Crippen molar-refractivity contribution in [2.24, 2.45) is 5.73 Å². The van der Waals surface area contributed by atoms with Crippen LogP contribution in [0.1, 0.15) is 52.6 Å². The molecule has 7 atom stereocenters. The predicted octanol–water partition coefficient (Wildman–Crippen LogP) is -0.200. The van der Waals surface area contributed by atoms with Crippen LogP contribution >= 0.6 is 11.8 Å². The highest BCUT2D eigenvalue weighted by atomic mass is 32.2. The number of hydrogen-bond acceptors (Lipinski definition) is 11. The Labute approximate surface area is 241 Å². The zero-order valence-corrected chi connectivity index (χ0v) is 24.7. The average Bonchev–Trinajstić information content (AvgIpc) is 3.22. The zero-order chi connectivity index (χ0) is 30.2. The molecule has 1 aromatic carbocycles. The summed E-state index contributed by atoms with van der Waals surface area (Å²) in [4.78, 5) is 66.6. The van der Waals surface area contributed by atoms with Crippen molar-refractivity contribution in [1.29, 1.82) is 0 Å². The lowest BCUT2D eigenvalue weighted by molar-refractivity contribution is -0.196. The zero-order valence-electron chi connectivity index (χ0n) is 23.1. The Morgan fingerprint density at radius 1 is 1.02 bits per heavy atom. The number of nitrogens with one attached hydrogen (secondary N) is 1. The lowest BCUT2D eigenvalue weighted by Crippen LogP contribution is -2.71. The maximum Gasteiger partial charge on any atom is 0.333 e. The van der Waals surface area contributed by atoms with Gasteiger partial charge in [-0.3, -0.25) is 14.4 Å². The normalized spacial score (nSPS) is 31.6. The molecule has 3 N–H and O–H groups in total. The molecule has 4 aliphatic rings. The molecule has 0 bridgehead atoms. The third kappa shape index (κ3) is 4.39. The van der Waals surface area contributed by atoms with Crippen LogP contribution in [0, 0.1) is 0 Å². The van der Waals surface area contributed by atoms with Crippen molar-refractivity contribution < 1.29 is 41.9 Å². The second kappa shape index (κ2) is 9.70. The minimum absolute atomic E-state index is 0.195. The van der Waals surface area contributed by atoms with Crippen LogP contribution in [-0.2, 0) is 43.3 Å². The molecule has 41 heavy (non-hydrogen) atoms. The fourth-order valence-corrected chi connectivity index (χ4v) is 9.61. The number of ether oxygens (including phenoxy) is 2. The minimum Gasteiger partial charge on any atom is -0.424 e. The highest BCUT2D eigenvalue weighted by Gasteiger charge is 2.68. The van der Waals surface area contributed by atoms with E-state index in [0.29, 0.717) is 5.56 Å². The van der Waals surface area contributed by atoms with Crippen molar-refractivity contribution in [3.05, 3.63) is 35.9 Å². The smallest absolute Gasteiger partial charge is 0.333 e. The van der Waals surface area contributed by atoms with Crippen LogP contribution in [0.4, 0.5) is 0 Å². The van der Waals surface area contributed by atoms with E-state index in [1.807, 2.05) is 0 Å². The first-order valence-corrected chi connectivity index (χ1v) is 15.5. The molecule has 4 saturated heterocycles. The number of esters is 2. The average molecular weight is 609 g/mol. The van der Waals surface area contributed by atoms with Crippen LogP contribution in [-0.4, -0.2) is 92.5 Å². The van der Waals surface area contributed by atoms with E-state index in [-0.39, 0.29) is 6.42 Å². The predicted molar refractivity (Wildman–Crippen MR) is 145 cm³/mol. The molecule has 3 amide bonds. The number of hydrogen-bond donors (Lipinski definition) is 2. The number of nitrogens with two attached hydrogens (primary N) is 1. The van der Waals surface area contributed by atoms with Crippen molar-refractivity contribution in [2.75, 3.05) is 0 Å². The van der Waals surface area contributed by atoms with Gasteiger partial charge in [-0.2, -0.15) is 0 Å². The lowest BCUT2D eigenvalue weighted by Gasteiger charge is -2.44. The molecular formula is C26H32N4O9S2. The van der Waals surface area contributed by atoms with E-state index in [1.54, 1.807) is 44.2 Å². The molecular weight excluding hydrogens is 576 g/mol. The number of sulfone groups is 1. The molecule has 0 aliphatic carbocycles. The molecule has 4 aliphatic heterocycles. The van der Waals surface area contributed by atoms with Crippen molar-refractivity contribution in [3.8, 4) is 0 Å². The number of carbonyl (C=O) groups excluding carboxylic acids is 5. The Kier molecular flexibility index (Phi) is 6.94. The number of amides is 3. The van der Waals surface area contributed by atoms with Crippen LogP contribution < -0.4 is 11.1 Å². The Bertz CT molecular complexity index is 1430. The van der Waals surface area contributed by atoms with E-state index in [9.17, 15) is 32.4 Å². The molecule has 0 saturated carbocycles. The van der Waals surface area contributed by atoms with Crippen LogP contribution in [0.5, 0.6) is 0 Å². The van der Waals surface area contributed by atoms with Gasteiger partial charge in [-0.05, 0) is 33.3 Å². The first-order valence-electron chi connectivity index (χ1n) is 13.1. The van der Waals surface area contributed by atoms with Gasteiger partial charge in [0.05, 0.1) is 11.2 Å². The molecule has 0 aromatic heterocycles. The Hall–Kier alpha value is -3.17. The maximum atomic E-state index is 13.3. The summed E-state index contributed by atoms with van der Waals surface area (Å²) in [6.07, 6.45) is -1.63. The second-order valence-corrected chi connectivity index (χ2v) is 16.0. The number of thioether (sulfide) groups is 1. The topological polar surface area (TPSA) is 182 Å². The molecule has 0 radical (unpaired) electrons. The van der Waals surface area contributed by atoms with Crippen molar-refractivity contribution >= 4 is 51.3 Å². The molecule has 0 spiro atoms. The first-order chi connectivity index (χ1) is 19.0. The second-order valence-electron chi connectivity index (χ2n) is 11.6. The summed E-state index contributed by atoms with van der Waals surface area (Å²) in [7, 11) is -3.82. The van der Waals surface area contributed by atoms with Gasteiger partial charge in [0, 0.05) is 11.7 Å². The quantitative estimate of drug-likeness (QED) is 0.238. The fraction of sp³-hybridized carbons (Fsp3) is 0.577. The van der Waals surface area contributed by atoms with Gasteiger partial charge in [0.2, 0.25) is 24.0 Å². The van der Waals surface area contributed by atoms with Gasteiger partial charge in [0.15, 0.2) is 9.84 Å². The third-order valence-corrected chi connectivity index (χ3v) is 12.5. The van der Waals surface area contributed by atoms with Gasteiger partial charge in [-0.15, -0.1) is 11.8 Å². The number of β-lactam (4-membered cyclic amide) rings is 2. The summed E-state index contributed by atoms with van der Waals surface area (Å²) in [5.74, 6) is -3.33. The summed E-state index contributed by atoms with van der Waals surface area (Å²) in [6, 6.07) is 4.41. The SMILES string of the molecule is CC(OC(=O)[C@@H]1N2C(=O)C(NC(=O)C(N)c3ccccc3)[C@H]2SC1(C)C)OC(=O)[C@@H]1N2C(=O)C[C@H]2S(=O)(=O)C1(C)C. The van der Waals surface area contributed by atoms with Gasteiger partial charge in [0.25, 0.3) is 0 Å². The maximum absolute atomic E-state index is 13.3. The first kappa shape index (κ1) is 29.3. The third-order valence-electron chi connectivity index (χ3n) is 8.17. The van der Waals surface area contributed by atoms with E-state index in [0.717, 1.165) is 4.90 Å². The van der Waals surface area contributed by atoms with Gasteiger partial charge < -0.3 is 30.3 Å². The highest BCUT2D eigenvalue weighted by molar-refractivity contribution is 8.01. The summed E-state index contributed by atoms with van der Waals surface area (Å²) < 4.78 is 33.9. The number of benzene rings is 1. The molecule has 1 aromatic rings. The number of carbonyl (C=O) groups is 5. The van der Waals surface area contributed by atoms with E-state index in [2.05, 4.69) is 5.32 Å². The largest absolute Gasteiger partial charge is 0.424 e. The van der Waals surface area contributed by atoms with E-state index in [4.69, 9.17) is 15.2 Å². The van der Waals surface area contributed by atoms with Gasteiger partial charge in [-0.25, -0.2) is 18.0 Å². The van der Waals surface area contributed by atoms with Gasteiger partial charge in [0.1, 0.15) is 34.9 Å². The summed E-state index contributed by atoms with van der Waals surface area (Å²) in [6.45, 7) is 7.50. The lowest BCUT2D eigenvalue weighted by atomic mass is 9.95. The molecule has 5 rings (SSSR count). The standard InChI is InChI=1S/C26H32N4O9S2/c1-12(39-24(35)19-26(4,5)41(36,37)15-11-14(31)29(15)19)38-23(34)18-25(2,3)40-22-17(21(33)30(18)22)28-20(32)16(27)13-9-7-6-8-10-13/h6-10,12,15-19,22H,11,27H2,1-5H3,(H,28,32)/t12?,15-,16?,17?,18+,19+,22-/m1/s1. The Morgan fingerprint density at radius 2 is 1.61 bits per heavy atom. The van der Waals surface area contributed by atoms with Gasteiger partial charge in [-0.1, -0.05) is 30.3 Å². The van der Waals surface area contributed by atoms with Crippen LogP contribution in [0.25, 0.3) is 0 Å². The Morgan fingerprint density at radius 3 is 2.20 bits per heavy atom. The van der Waals surface area contributed by atoms with E-state index < -0.39 is 90.2 Å². The number of rotatable bonds is 7. The summed E-state index contributed by atoms with van der Waals surface area (Å²) in [5, 5.41) is 1.06. The minimum atomic E-state index is -3.82. The monoisotopic (exact) mass is 608 g/mol. The molecule has 4 heterocycles. The van der Waals surface area contributed by atoms with Crippen molar-refractivity contribution in [1.82, 2.24) is 15.1 Å². The number of fused-ring (bicyclic) bond motifs is 2. The van der Waals surface area contributed by atoms with Gasteiger partial charge >= 0.3 is 11.9 Å². The molecule has 3 unspecified atom stereocenters. The van der Waals surface area contributed by atoms with E-state index >= 15 is 0 Å². The molecule has 13 nitrogen and oxygen atoms in total. The van der Waals surface area contributed by atoms with Crippen LogP contribution in [0.15, 0.2) is 30.3 Å². The van der Waals surface area contributed by atoms with Crippen molar-refractivity contribution in [2.45, 2.75) is 91.7 Å². The summed E-state index contributed by atoms with van der Waals surface area (Å²) in [5.41, 5.74) is 6.65. The summed E-state index contributed by atoms with van der Waals surface area (Å²) >= 11 is 1.31. The molecule has 222 valence electrons. The Balaban J connectivity index is 1.22. The van der Waals surface area contributed by atoms with Crippen LogP contribution in [0.2, 0.25) is 0 Å². The molecule has 4 fully saturated rings. The van der Waals surface area contributed by atoms with Crippen LogP contribution in [0.3, 0.4) is 0 Å². The van der Waals surface area contributed by atoms with E-state index in [1.165, 1.54) is 37.4 Å². The number of nitrogens with zero attached hydrogens (tertiary/aromatic N) is 2. The molecule has 15 heteroatoms. The fourth-order valence-electron chi connectivity index (χ4n) is 5.87. The van der Waals surface area contributed by atoms with Crippen molar-refractivity contribution in [3.63, 3.8) is 0 Å². The highest BCUT2D eigenvalue weighted by Crippen LogP contribution is 2.51.